The molecule has 2 aromatic rings. The number of H-pyrrole nitrogens is 1. The minimum atomic E-state index is -1.06. The highest BCUT2D eigenvalue weighted by molar-refractivity contribution is 6.30. The molecule has 0 aliphatic carbocycles. The number of nitrogens with zero attached hydrogens (tertiary/aromatic N) is 1. The molecule has 2 heterocycles. The molecular weight excluding hydrogens is 334 g/mol. The molecule has 1 aliphatic rings. The van der Waals surface area contributed by atoms with Crippen molar-refractivity contribution in [3.8, 4) is 0 Å². The van der Waals surface area contributed by atoms with Crippen LogP contribution < -0.4 is 10.2 Å². The van der Waals surface area contributed by atoms with E-state index in [0.29, 0.717) is 16.4 Å². The van der Waals surface area contributed by atoms with Crippen LogP contribution in [0.1, 0.15) is 17.4 Å². The SMILES string of the molecule is C[C@H](OC(=O)c1cc(Cl)c[nH]1)C(=O)N1CC(=O)Nc2ccccc21. The average Bonchev–Trinajstić information content (AvgIpc) is 3.00. The summed E-state index contributed by atoms with van der Waals surface area (Å²) in [4.78, 5) is 40.3. The Morgan fingerprint density at radius 3 is 2.79 bits per heavy atom. The maximum Gasteiger partial charge on any atom is 0.355 e. The number of para-hydroxylation sites is 2. The molecule has 3 rings (SSSR count). The van der Waals surface area contributed by atoms with E-state index < -0.39 is 18.0 Å². The number of aromatic amines is 1. The summed E-state index contributed by atoms with van der Waals surface area (Å²) in [6, 6.07) is 8.33. The fraction of sp³-hybridized carbons (Fsp3) is 0.188. The van der Waals surface area contributed by atoms with Gasteiger partial charge in [0.15, 0.2) is 6.10 Å². The van der Waals surface area contributed by atoms with Crippen LogP contribution in [-0.2, 0) is 14.3 Å². The largest absolute Gasteiger partial charge is 0.448 e. The standard InChI is InChI=1S/C16H14ClN3O4/c1-9(24-16(23)12-6-10(17)7-18-12)15(22)20-8-14(21)19-11-4-2-3-5-13(11)20/h2-7,9,18H,8H2,1H3,(H,19,21)/t9-/m0/s1. The minimum Gasteiger partial charge on any atom is -0.448 e. The number of nitrogens with one attached hydrogen (secondary N) is 2. The van der Waals surface area contributed by atoms with Crippen molar-refractivity contribution in [2.75, 3.05) is 16.8 Å². The molecule has 2 N–H and O–H groups in total. The van der Waals surface area contributed by atoms with Crippen molar-refractivity contribution < 1.29 is 19.1 Å². The lowest BCUT2D eigenvalue weighted by molar-refractivity contribution is -0.128. The lowest BCUT2D eigenvalue weighted by Crippen LogP contribution is -2.47. The van der Waals surface area contributed by atoms with Crippen molar-refractivity contribution in [2.45, 2.75) is 13.0 Å². The average molecular weight is 348 g/mol. The van der Waals surface area contributed by atoms with E-state index in [9.17, 15) is 14.4 Å². The number of fused-ring (bicyclic) bond motifs is 1. The van der Waals surface area contributed by atoms with Crippen LogP contribution in [0.5, 0.6) is 0 Å². The van der Waals surface area contributed by atoms with Crippen molar-refractivity contribution in [2.24, 2.45) is 0 Å². The number of amides is 2. The molecule has 1 aromatic heterocycles. The van der Waals surface area contributed by atoms with Crippen LogP contribution in [0.25, 0.3) is 0 Å². The molecule has 2 amide bonds. The van der Waals surface area contributed by atoms with Gasteiger partial charge in [-0.3, -0.25) is 14.5 Å². The van der Waals surface area contributed by atoms with Gasteiger partial charge in [0, 0.05) is 6.20 Å². The van der Waals surface area contributed by atoms with Crippen LogP contribution in [0.15, 0.2) is 36.5 Å². The summed E-state index contributed by atoms with van der Waals surface area (Å²) in [5.41, 5.74) is 1.25. The number of esters is 1. The van der Waals surface area contributed by atoms with Crippen molar-refractivity contribution in [3.05, 3.63) is 47.2 Å². The van der Waals surface area contributed by atoms with E-state index in [1.807, 2.05) is 0 Å². The van der Waals surface area contributed by atoms with Crippen LogP contribution in [0.3, 0.4) is 0 Å². The molecule has 1 aromatic carbocycles. The number of hydrogen-bond acceptors (Lipinski definition) is 4. The van der Waals surface area contributed by atoms with Gasteiger partial charge in [-0.2, -0.15) is 0 Å². The first-order valence-corrected chi connectivity index (χ1v) is 7.58. The van der Waals surface area contributed by atoms with Crippen LogP contribution in [0, 0.1) is 0 Å². The van der Waals surface area contributed by atoms with Gasteiger partial charge >= 0.3 is 5.97 Å². The number of ether oxygens (including phenoxy) is 1. The van der Waals surface area contributed by atoms with Gasteiger partial charge in [0.1, 0.15) is 12.2 Å². The Bertz CT molecular complexity index is 817. The van der Waals surface area contributed by atoms with Crippen LogP contribution >= 0.6 is 11.6 Å². The molecule has 1 atom stereocenters. The number of halogens is 1. The predicted octanol–water partition coefficient (Wildman–Crippen LogP) is 2.20. The first kappa shape index (κ1) is 16.1. The summed E-state index contributed by atoms with van der Waals surface area (Å²) in [7, 11) is 0. The zero-order valence-electron chi connectivity index (χ0n) is 12.7. The van der Waals surface area contributed by atoms with Gasteiger partial charge < -0.3 is 15.0 Å². The third kappa shape index (κ3) is 3.11. The zero-order chi connectivity index (χ0) is 17.3. The second-order valence-electron chi connectivity index (χ2n) is 5.27. The topological polar surface area (TPSA) is 91.5 Å². The van der Waals surface area contributed by atoms with Gasteiger partial charge in [0.25, 0.3) is 5.91 Å². The number of carbonyl (C=O) groups is 3. The third-order valence-electron chi connectivity index (χ3n) is 3.54. The van der Waals surface area contributed by atoms with Gasteiger partial charge in [-0.05, 0) is 25.1 Å². The maximum atomic E-state index is 12.6. The monoisotopic (exact) mass is 347 g/mol. The molecule has 0 spiro atoms. The zero-order valence-corrected chi connectivity index (χ0v) is 13.5. The van der Waals surface area contributed by atoms with Gasteiger partial charge in [0.05, 0.1) is 16.4 Å². The van der Waals surface area contributed by atoms with Gasteiger partial charge in [-0.25, -0.2) is 4.79 Å². The van der Waals surface area contributed by atoms with E-state index in [1.54, 1.807) is 24.3 Å². The van der Waals surface area contributed by atoms with E-state index in [1.165, 1.54) is 24.1 Å². The third-order valence-corrected chi connectivity index (χ3v) is 3.75. The highest BCUT2D eigenvalue weighted by Crippen LogP contribution is 2.29. The summed E-state index contributed by atoms with van der Waals surface area (Å²) >= 11 is 5.74. The highest BCUT2D eigenvalue weighted by atomic mass is 35.5. The first-order valence-electron chi connectivity index (χ1n) is 7.21. The molecule has 124 valence electrons. The molecule has 1 aliphatic heterocycles. The van der Waals surface area contributed by atoms with Crippen LogP contribution in [0.4, 0.5) is 11.4 Å². The number of hydrogen-bond donors (Lipinski definition) is 2. The predicted molar refractivity (Wildman–Crippen MR) is 88.1 cm³/mol. The fourth-order valence-corrected chi connectivity index (χ4v) is 2.57. The second kappa shape index (κ2) is 6.37. The lowest BCUT2D eigenvalue weighted by atomic mass is 10.1. The Kier molecular flexibility index (Phi) is 4.26. The number of aromatic nitrogens is 1. The quantitative estimate of drug-likeness (QED) is 0.833. The van der Waals surface area contributed by atoms with E-state index in [-0.39, 0.29) is 18.1 Å². The van der Waals surface area contributed by atoms with Gasteiger partial charge in [-0.1, -0.05) is 23.7 Å². The molecule has 0 saturated heterocycles. The maximum absolute atomic E-state index is 12.6. The minimum absolute atomic E-state index is 0.133. The fourth-order valence-electron chi connectivity index (χ4n) is 2.41. The molecule has 0 bridgehead atoms. The summed E-state index contributed by atoms with van der Waals surface area (Å²) < 4.78 is 5.16. The Morgan fingerprint density at radius 1 is 1.33 bits per heavy atom. The molecule has 24 heavy (non-hydrogen) atoms. The van der Waals surface area contributed by atoms with E-state index in [0.717, 1.165) is 0 Å². The van der Waals surface area contributed by atoms with E-state index in [2.05, 4.69) is 10.3 Å². The second-order valence-corrected chi connectivity index (χ2v) is 5.71. The Morgan fingerprint density at radius 2 is 2.08 bits per heavy atom. The van der Waals surface area contributed by atoms with Crippen molar-refractivity contribution in [1.82, 2.24) is 4.98 Å². The molecule has 8 heteroatoms. The molecule has 7 nitrogen and oxygen atoms in total. The number of rotatable bonds is 3. The first-order chi connectivity index (χ1) is 11.5. The van der Waals surface area contributed by atoms with Gasteiger partial charge in [-0.15, -0.1) is 0 Å². The summed E-state index contributed by atoms with van der Waals surface area (Å²) in [6.45, 7) is 1.33. The van der Waals surface area contributed by atoms with Crippen molar-refractivity contribution in [1.29, 1.82) is 0 Å². The van der Waals surface area contributed by atoms with Gasteiger partial charge in [0.2, 0.25) is 5.91 Å². The van der Waals surface area contributed by atoms with Crippen molar-refractivity contribution >= 4 is 40.8 Å². The molecule has 0 unspecified atom stereocenters. The van der Waals surface area contributed by atoms with E-state index in [4.69, 9.17) is 16.3 Å². The number of carbonyl (C=O) groups excluding carboxylic acids is 3. The molecule has 0 saturated carbocycles. The molecule has 0 fully saturated rings. The Hall–Kier alpha value is -2.80. The smallest absolute Gasteiger partial charge is 0.355 e. The summed E-state index contributed by atoms with van der Waals surface area (Å²) in [6.07, 6.45) is 0.383. The molecule has 0 radical (unpaired) electrons. The number of benzene rings is 1. The normalized spacial score (nSPS) is 14.6. The van der Waals surface area contributed by atoms with Crippen molar-refractivity contribution in [3.63, 3.8) is 0 Å². The summed E-state index contributed by atoms with van der Waals surface area (Å²) in [5.74, 6) is -1.49. The highest BCUT2D eigenvalue weighted by Gasteiger charge is 2.31. The molecular formula is C16H14ClN3O4. The van der Waals surface area contributed by atoms with Crippen LogP contribution in [-0.4, -0.2) is 35.4 Å². The number of anilines is 2. The van der Waals surface area contributed by atoms with E-state index >= 15 is 0 Å². The Balaban J connectivity index is 1.76. The Labute approximate surface area is 142 Å². The van der Waals surface area contributed by atoms with Crippen LogP contribution in [0.2, 0.25) is 5.02 Å². The lowest BCUT2D eigenvalue weighted by Gasteiger charge is -2.30. The summed E-state index contributed by atoms with van der Waals surface area (Å²) in [5, 5.41) is 3.06.